The highest BCUT2D eigenvalue weighted by Crippen LogP contribution is 2.31. The van der Waals surface area contributed by atoms with Gasteiger partial charge in [0.2, 0.25) is 0 Å². The maximum Gasteiger partial charge on any atom is 0.152 e. The first-order valence-electron chi connectivity index (χ1n) is 9.65. The van der Waals surface area contributed by atoms with E-state index in [0.29, 0.717) is 5.75 Å². The van der Waals surface area contributed by atoms with Crippen LogP contribution in [0.5, 0.6) is 0 Å². The van der Waals surface area contributed by atoms with Crippen molar-refractivity contribution in [2.75, 3.05) is 5.75 Å². The number of rotatable bonds is 9. The molecule has 0 heterocycles. The number of hydrogen-bond donors (Lipinski definition) is 0. The van der Waals surface area contributed by atoms with Gasteiger partial charge in [0.1, 0.15) is 0 Å². The molecule has 0 radical (unpaired) electrons. The molecule has 2 rings (SSSR count). The van der Waals surface area contributed by atoms with Crippen molar-refractivity contribution in [3.05, 3.63) is 33.9 Å². The predicted octanol–water partition coefficient (Wildman–Crippen LogP) is 5.11. The van der Waals surface area contributed by atoms with E-state index in [-0.39, 0.29) is 5.25 Å². The zero-order valence-corrected chi connectivity index (χ0v) is 16.8. The minimum atomic E-state index is -2.85. The molecular weight excluding hydrogens is 316 g/mol. The molecule has 0 fully saturated rings. The summed E-state index contributed by atoms with van der Waals surface area (Å²) in [4.78, 5) is 0. The lowest BCUT2D eigenvalue weighted by molar-refractivity contribution is 0.577. The largest absolute Gasteiger partial charge is 0.229 e. The molecule has 136 valence electrons. The number of fused-ring (bicyclic) bond motifs is 1. The van der Waals surface area contributed by atoms with Crippen molar-refractivity contribution in [3.63, 3.8) is 0 Å². The van der Waals surface area contributed by atoms with Crippen LogP contribution in [0.4, 0.5) is 0 Å². The topological polar surface area (TPSA) is 34.1 Å². The highest BCUT2D eigenvalue weighted by atomic mass is 32.2. The Morgan fingerprint density at radius 2 is 1.58 bits per heavy atom. The summed E-state index contributed by atoms with van der Waals surface area (Å²) in [5.74, 6) is 0.355. The van der Waals surface area contributed by atoms with Crippen molar-refractivity contribution in [2.45, 2.75) is 90.7 Å². The number of hydrogen-bond acceptors (Lipinski definition) is 2. The molecule has 1 aromatic rings. The summed E-state index contributed by atoms with van der Waals surface area (Å²) >= 11 is 0. The van der Waals surface area contributed by atoms with E-state index < -0.39 is 9.84 Å². The summed E-state index contributed by atoms with van der Waals surface area (Å²) in [6, 6.07) is 2.41. The predicted molar refractivity (Wildman–Crippen MR) is 104 cm³/mol. The van der Waals surface area contributed by atoms with Gasteiger partial charge in [-0.1, -0.05) is 25.3 Å². The second-order valence-corrected chi connectivity index (χ2v) is 10.4. The van der Waals surface area contributed by atoms with Gasteiger partial charge in [-0.2, -0.15) is 0 Å². The summed E-state index contributed by atoms with van der Waals surface area (Å²) in [5.41, 5.74) is 7.81. The fraction of sp³-hybridized carbons (Fsp3) is 0.714. The molecule has 2 nitrogen and oxygen atoms in total. The van der Waals surface area contributed by atoms with Gasteiger partial charge in [0.05, 0.1) is 11.0 Å². The van der Waals surface area contributed by atoms with Gasteiger partial charge in [0.15, 0.2) is 9.84 Å². The standard InChI is InChI=1S/C21H34O2S/c1-16(2)24(22,23)14-9-7-5-6-8-11-19-15-17(3)20-12-10-13-21(20)18(19)4/h15-16H,5-14H2,1-4H3. The number of unbranched alkanes of at least 4 members (excludes halogenated alkanes) is 4. The average molecular weight is 351 g/mol. The van der Waals surface area contributed by atoms with E-state index in [9.17, 15) is 8.42 Å². The Hall–Kier alpha value is -0.830. The van der Waals surface area contributed by atoms with Gasteiger partial charge >= 0.3 is 0 Å². The van der Waals surface area contributed by atoms with E-state index in [1.54, 1.807) is 25.0 Å². The molecule has 1 aliphatic rings. The van der Waals surface area contributed by atoms with Crippen molar-refractivity contribution < 1.29 is 8.42 Å². The lowest BCUT2D eigenvalue weighted by Crippen LogP contribution is -2.17. The second-order valence-electron chi connectivity index (χ2n) is 7.72. The first-order chi connectivity index (χ1) is 11.3. The van der Waals surface area contributed by atoms with Crippen molar-refractivity contribution in [3.8, 4) is 0 Å². The molecule has 0 unspecified atom stereocenters. The molecule has 0 saturated heterocycles. The highest BCUT2D eigenvalue weighted by molar-refractivity contribution is 7.91. The maximum atomic E-state index is 11.8. The molecule has 1 aliphatic carbocycles. The van der Waals surface area contributed by atoms with Crippen LogP contribution in [-0.4, -0.2) is 19.4 Å². The van der Waals surface area contributed by atoms with E-state index in [4.69, 9.17) is 0 Å². The van der Waals surface area contributed by atoms with Crippen LogP contribution in [0.3, 0.4) is 0 Å². The lowest BCUT2D eigenvalue weighted by atomic mass is 9.92. The first-order valence-corrected chi connectivity index (χ1v) is 11.4. The fourth-order valence-corrected chi connectivity index (χ4v) is 4.97. The summed E-state index contributed by atoms with van der Waals surface area (Å²) in [5, 5.41) is -0.233. The molecule has 0 spiro atoms. The SMILES string of the molecule is Cc1cc(CCCCCCCS(=O)(=O)C(C)C)c(C)c2c1CCC2. The van der Waals surface area contributed by atoms with Crippen LogP contribution in [0.15, 0.2) is 6.07 Å². The fourth-order valence-electron chi connectivity index (χ4n) is 3.89. The van der Waals surface area contributed by atoms with Crippen LogP contribution in [-0.2, 0) is 29.1 Å². The molecule has 0 amide bonds. The van der Waals surface area contributed by atoms with Gasteiger partial charge in [-0.15, -0.1) is 0 Å². The van der Waals surface area contributed by atoms with E-state index in [1.165, 1.54) is 55.2 Å². The van der Waals surface area contributed by atoms with Crippen LogP contribution in [0.1, 0.15) is 80.2 Å². The Morgan fingerprint density at radius 1 is 0.958 bits per heavy atom. The van der Waals surface area contributed by atoms with E-state index in [0.717, 1.165) is 19.3 Å². The lowest BCUT2D eigenvalue weighted by Gasteiger charge is -2.14. The molecule has 0 aliphatic heterocycles. The summed E-state index contributed by atoms with van der Waals surface area (Å²) in [6.07, 6.45) is 10.4. The second kappa shape index (κ2) is 8.51. The number of aryl methyl sites for hydroxylation is 2. The maximum absolute atomic E-state index is 11.8. The third-order valence-corrected chi connectivity index (χ3v) is 7.91. The monoisotopic (exact) mass is 350 g/mol. The van der Waals surface area contributed by atoms with Crippen LogP contribution < -0.4 is 0 Å². The highest BCUT2D eigenvalue weighted by Gasteiger charge is 2.18. The van der Waals surface area contributed by atoms with Crippen molar-refractivity contribution >= 4 is 9.84 Å². The molecular formula is C21H34O2S. The average Bonchev–Trinajstić information content (AvgIpc) is 3.01. The van der Waals surface area contributed by atoms with E-state index in [1.807, 2.05) is 0 Å². The molecule has 3 heteroatoms. The third kappa shape index (κ3) is 4.84. The van der Waals surface area contributed by atoms with Gasteiger partial charge in [-0.05, 0) is 94.0 Å². The number of sulfone groups is 1. The van der Waals surface area contributed by atoms with E-state index in [2.05, 4.69) is 19.9 Å². The molecule has 0 saturated carbocycles. The molecule has 0 bridgehead atoms. The van der Waals surface area contributed by atoms with Crippen LogP contribution >= 0.6 is 0 Å². The smallest absolute Gasteiger partial charge is 0.152 e. The first kappa shape index (κ1) is 19.5. The number of benzene rings is 1. The Balaban J connectivity index is 1.71. The third-order valence-electron chi connectivity index (χ3n) is 5.61. The van der Waals surface area contributed by atoms with Crippen molar-refractivity contribution in [1.82, 2.24) is 0 Å². The molecule has 1 aromatic carbocycles. The van der Waals surface area contributed by atoms with Crippen LogP contribution in [0, 0.1) is 13.8 Å². The van der Waals surface area contributed by atoms with Crippen LogP contribution in [0.25, 0.3) is 0 Å². The molecule has 0 N–H and O–H groups in total. The Morgan fingerprint density at radius 3 is 2.29 bits per heavy atom. The van der Waals surface area contributed by atoms with Gasteiger partial charge in [-0.25, -0.2) is 8.42 Å². The molecule has 0 atom stereocenters. The molecule has 0 aromatic heterocycles. The van der Waals surface area contributed by atoms with Gasteiger partial charge in [0.25, 0.3) is 0 Å². The Kier molecular flexibility index (Phi) is 6.91. The Labute approximate surface area is 149 Å². The summed E-state index contributed by atoms with van der Waals surface area (Å²) in [7, 11) is -2.85. The van der Waals surface area contributed by atoms with Crippen LogP contribution in [0.2, 0.25) is 0 Å². The summed E-state index contributed by atoms with van der Waals surface area (Å²) in [6.45, 7) is 8.12. The minimum Gasteiger partial charge on any atom is -0.229 e. The zero-order valence-electron chi connectivity index (χ0n) is 16.0. The van der Waals surface area contributed by atoms with Gasteiger partial charge in [-0.3, -0.25) is 0 Å². The Bertz CT molecular complexity index is 657. The van der Waals surface area contributed by atoms with Crippen molar-refractivity contribution in [2.24, 2.45) is 0 Å². The van der Waals surface area contributed by atoms with Crippen molar-refractivity contribution in [1.29, 1.82) is 0 Å². The molecule has 24 heavy (non-hydrogen) atoms. The normalized spacial score (nSPS) is 14.4. The van der Waals surface area contributed by atoms with E-state index >= 15 is 0 Å². The quantitative estimate of drug-likeness (QED) is 0.580. The van der Waals surface area contributed by atoms with Gasteiger partial charge < -0.3 is 0 Å². The zero-order chi connectivity index (χ0) is 17.7. The van der Waals surface area contributed by atoms with Gasteiger partial charge in [0, 0.05) is 0 Å². The minimum absolute atomic E-state index is 0.233. The summed E-state index contributed by atoms with van der Waals surface area (Å²) < 4.78 is 23.5.